The molecule has 1 saturated heterocycles. The lowest BCUT2D eigenvalue weighted by Gasteiger charge is -2.61. The molecule has 4 saturated carbocycles. The SMILES string of the molecule is C[C@]12CC/C(=N\O[C@@H]3CCNC3)C[C@@H]1[C@@H](NC=O)C[C@@H]1[C@@H]2CC[C@]2(C)C(=O)CC[C@@H]12. The second-order valence-corrected chi connectivity index (χ2v) is 11.1. The van der Waals surface area contributed by atoms with Crippen molar-refractivity contribution in [2.24, 2.45) is 39.7 Å². The van der Waals surface area contributed by atoms with Gasteiger partial charge in [0.25, 0.3) is 0 Å². The van der Waals surface area contributed by atoms with Crippen LogP contribution in [-0.4, -0.2) is 43.1 Å². The van der Waals surface area contributed by atoms with Crippen molar-refractivity contribution in [3.63, 3.8) is 0 Å². The van der Waals surface area contributed by atoms with E-state index in [2.05, 4.69) is 29.6 Å². The highest BCUT2D eigenvalue weighted by molar-refractivity contribution is 5.87. The Morgan fingerprint density at radius 3 is 2.77 bits per heavy atom. The molecule has 5 fully saturated rings. The molecule has 0 aromatic rings. The van der Waals surface area contributed by atoms with E-state index in [1.54, 1.807) is 0 Å². The fourth-order valence-corrected chi connectivity index (χ4v) is 8.14. The number of amides is 1. The van der Waals surface area contributed by atoms with Gasteiger partial charge in [-0.2, -0.15) is 0 Å². The minimum atomic E-state index is -0.124. The minimum absolute atomic E-state index is 0.124. The highest BCUT2D eigenvalue weighted by Crippen LogP contribution is 2.65. The Morgan fingerprint density at radius 2 is 2.00 bits per heavy atom. The molecule has 1 aliphatic heterocycles. The van der Waals surface area contributed by atoms with E-state index >= 15 is 0 Å². The predicted molar refractivity (Wildman–Crippen MR) is 115 cm³/mol. The third-order valence-electron chi connectivity index (χ3n) is 9.89. The number of nitrogens with zero attached hydrogens (tertiary/aromatic N) is 1. The van der Waals surface area contributed by atoms with Crippen molar-refractivity contribution < 1.29 is 14.4 Å². The lowest BCUT2D eigenvalue weighted by atomic mass is 9.44. The van der Waals surface area contributed by atoms with Crippen LogP contribution in [0.25, 0.3) is 0 Å². The molecule has 1 amide bonds. The summed E-state index contributed by atoms with van der Waals surface area (Å²) < 4.78 is 0. The van der Waals surface area contributed by atoms with Crippen LogP contribution in [0.1, 0.15) is 71.6 Å². The molecule has 1 heterocycles. The maximum absolute atomic E-state index is 12.7. The number of carbonyl (C=O) groups is 2. The lowest BCUT2D eigenvalue weighted by Crippen LogP contribution is -2.60. The van der Waals surface area contributed by atoms with Gasteiger partial charge in [0.15, 0.2) is 0 Å². The molecule has 2 N–H and O–H groups in total. The van der Waals surface area contributed by atoms with Crippen LogP contribution in [0.5, 0.6) is 0 Å². The first-order valence-electron chi connectivity index (χ1n) is 12.1. The molecule has 166 valence electrons. The zero-order valence-electron chi connectivity index (χ0n) is 18.5. The van der Waals surface area contributed by atoms with Crippen molar-refractivity contribution in [3.8, 4) is 0 Å². The average molecular weight is 416 g/mol. The lowest BCUT2D eigenvalue weighted by molar-refractivity contribution is -0.140. The first kappa shape index (κ1) is 20.5. The van der Waals surface area contributed by atoms with Crippen molar-refractivity contribution in [2.75, 3.05) is 13.1 Å². The van der Waals surface area contributed by atoms with Gasteiger partial charge in [0.1, 0.15) is 11.9 Å². The van der Waals surface area contributed by atoms with E-state index in [1.807, 2.05) is 0 Å². The van der Waals surface area contributed by atoms with Gasteiger partial charge >= 0.3 is 0 Å². The summed E-state index contributed by atoms with van der Waals surface area (Å²) in [4.78, 5) is 30.0. The van der Waals surface area contributed by atoms with Crippen LogP contribution in [0.2, 0.25) is 0 Å². The molecular formula is C24H37N3O3. The van der Waals surface area contributed by atoms with Gasteiger partial charge in [0.2, 0.25) is 6.41 Å². The fourth-order valence-electron chi connectivity index (χ4n) is 8.14. The number of oxime groups is 1. The zero-order valence-corrected chi connectivity index (χ0v) is 18.5. The number of Topliss-reactive ketones (excluding diaryl/α,β-unsaturated/α-hetero) is 1. The molecule has 4 aliphatic carbocycles. The summed E-state index contributed by atoms with van der Waals surface area (Å²) in [6, 6.07) is 0.172. The van der Waals surface area contributed by atoms with E-state index in [4.69, 9.17) is 4.84 Å². The van der Waals surface area contributed by atoms with E-state index in [0.717, 1.165) is 83.0 Å². The molecule has 6 nitrogen and oxygen atoms in total. The Morgan fingerprint density at radius 1 is 1.13 bits per heavy atom. The minimum Gasteiger partial charge on any atom is -0.391 e. The summed E-state index contributed by atoms with van der Waals surface area (Å²) in [6.07, 6.45) is 10.1. The van der Waals surface area contributed by atoms with Gasteiger partial charge in [0.05, 0.1) is 5.71 Å². The Labute approximate surface area is 179 Å². The van der Waals surface area contributed by atoms with Gasteiger partial charge < -0.3 is 15.5 Å². The Hall–Kier alpha value is -1.43. The average Bonchev–Trinajstić information content (AvgIpc) is 3.35. The zero-order chi connectivity index (χ0) is 20.9. The smallest absolute Gasteiger partial charge is 0.207 e. The topological polar surface area (TPSA) is 79.8 Å². The molecule has 0 radical (unpaired) electrons. The third kappa shape index (κ3) is 3.12. The maximum Gasteiger partial charge on any atom is 0.207 e. The molecule has 0 unspecified atom stereocenters. The van der Waals surface area contributed by atoms with E-state index < -0.39 is 0 Å². The summed E-state index contributed by atoms with van der Waals surface area (Å²) >= 11 is 0. The summed E-state index contributed by atoms with van der Waals surface area (Å²) in [6.45, 7) is 6.58. The van der Waals surface area contributed by atoms with Gasteiger partial charge in [-0.1, -0.05) is 19.0 Å². The number of hydrogen-bond acceptors (Lipinski definition) is 5. The van der Waals surface area contributed by atoms with Crippen LogP contribution in [0.4, 0.5) is 0 Å². The second-order valence-electron chi connectivity index (χ2n) is 11.1. The van der Waals surface area contributed by atoms with Gasteiger partial charge in [-0.3, -0.25) is 9.59 Å². The molecule has 0 aromatic carbocycles. The number of nitrogens with one attached hydrogen (secondary N) is 2. The van der Waals surface area contributed by atoms with Gasteiger partial charge in [-0.15, -0.1) is 0 Å². The van der Waals surface area contributed by atoms with Crippen molar-refractivity contribution in [1.82, 2.24) is 10.6 Å². The van der Waals surface area contributed by atoms with Crippen molar-refractivity contribution in [3.05, 3.63) is 0 Å². The number of carbonyl (C=O) groups excluding carboxylic acids is 2. The van der Waals surface area contributed by atoms with Gasteiger partial charge in [-0.05, 0) is 80.6 Å². The summed E-state index contributed by atoms with van der Waals surface area (Å²) in [5.41, 5.74) is 1.24. The normalized spacial score (nSPS) is 49.3. The molecule has 6 heteroatoms. The first-order valence-corrected chi connectivity index (χ1v) is 12.1. The highest BCUT2D eigenvalue weighted by Gasteiger charge is 2.62. The van der Waals surface area contributed by atoms with Crippen LogP contribution < -0.4 is 10.6 Å². The van der Waals surface area contributed by atoms with Crippen LogP contribution in [0.15, 0.2) is 5.16 Å². The molecule has 5 aliphatic rings. The first-order chi connectivity index (χ1) is 14.5. The Bertz CT molecular complexity index is 733. The fraction of sp³-hybridized carbons (Fsp3) is 0.875. The number of hydrogen-bond donors (Lipinski definition) is 2. The molecular weight excluding hydrogens is 378 g/mol. The van der Waals surface area contributed by atoms with Gasteiger partial charge in [0, 0.05) is 30.8 Å². The molecule has 5 rings (SSSR count). The van der Waals surface area contributed by atoms with E-state index in [9.17, 15) is 9.59 Å². The molecule has 8 atom stereocenters. The van der Waals surface area contributed by atoms with Crippen LogP contribution in [0, 0.1) is 34.5 Å². The monoisotopic (exact) mass is 415 g/mol. The van der Waals surface area contributed by atoms with E-state index in [0.29, 0.717) is 29.5 Å². The van der Waals surface area contributed by atoms with Crippen molar-refractivity contribution >= 4 is 17.9 Å². The standard InChI is InChI=1S/C24H37N3O3/c1-23-8-5-15(27-30-16-7-10-25-13-16)11-20(23)21(26-14-28)12-17-18-3-4-22(29)24(18,2)9-6-19(17)23/h14,16-21,25H,3-13H2,1-2H3,(H,26,28)/b27-15+/t16-,17+,18+,19+,20-,21+,23-,24+/m1/s1. The number of fused-ring (bicyclic) bond motifs is 5. The Balaban J connectivity index is 1.38. The maximum atomic E-state index is 12.7. The van der Waals surface area contributed by atoms with E-state index in [1.165, 1.54) is 0 Å². The molecule has 0 aromatic heterocycles. The third-order valence-corrected chi connectivity index (χ3v) is 9.89. The Kier molecular flexibility index (Phi) is 5.19. The number of ketones is 1. The summed E-state index contributed by atoms with van der Waals surface area (Å²) in [5, 5.41) is 11.1. The molecule has 30 heavy (non-hydrogen) atoms. The van der Waals surface area contributed by atoms with E-state index in [-0.39, 0.29) is 23.0 Å². The summed E-state index contributed by atoms with van der Waals surface area (Å²) in [5.74, 6) is 2.58. The molecule has 0 bridgehead atoms. The van der Waals surface area contributed by atoms with Gasteiger partial charge in [-0.25, -0.2) is 0 Å². The second kappa shape index (κ2) is 7.61. The number of rotatable bonds is 4. The quantitative estimate of drug-likeness (QED) is 0.546. The highest BCUT2D eigenvalue weighted by atomic mass is 16.6. The largest absolute Gasteiger partial charge is 0.391 e. The van der Waals surface area contributed by atoms with Crippen molar-refractivity contribution in [1.29, 1.82) is 0 Å². The molecule has 0 spiro atoms. The predicted octanol–water partition coefficient (Wildman–Crippen LogP) is 3.06. The van der Waals surface area contributed by atoms with Crippen LogP contribution >= 0.6 is 0 Å². The summed E-state index contributed by atoms with van der Waals surface area (Å²) in [7, 11) is 0. The van der Waals surface area contributed by atoms with Crippen LogP contribution in [-0.2, 0) is 14.4 Å². The van der Waals surface area contributed by atoms with Crippen molar-refractivity contribution in [2.45, 2.75) is 83.8 Å². The van der Waals surface area contributed by atoms with Crippen LogP contribution in [0.3, 0.4) is 0 Å².